The van der Waals surface area contributed by atoms with Gasteiger partial charge in [-0.1, -0.05) is 11.6 Å². The number of nitrogens with zero attached hydrogens (tertiary/aromatic N) is 1. The number of aliphatic hydroxyl groups excluding tert-OH is 1. The van der Waals surface area contributed by atoms with E-state index in [0.29, 0.717) is 5.02 Å². The first kappa shape index (κ1) is 14.8. The number of carboxylic acid groups (broad SMARTS) is 1. The van der Waals surface area contributed by atoms with Crippen molar-refractivity contribution in [1.82, 2.24) is 5.32 Å². The first-order valence-electron chi connectivity index (χ1n) is 5.09. The summed E-state index contributed by atoms with van der Waals surface area (Å²) in [5.41, 5.74) is 0.399. The second kappa shape index (κ2) is 6.58. The molecular formula is C11H10ClN3O4. The summed E-state index contributed by atoms with van der Waals surface area (Å²) >= 11 is 5.73. The molecular weight excluding hydrogens is 274 g/mol. The minimum Gasteiger partial charge on any atom is -0.479 e. The molecule has 0 aromatic heterocycles. The topological polar surface area (TPSA) is 122 Å². The predicted octanol–water partition coefficient (Wildman–Crippen LogP) is 0.779. The summed E-state index contributed by atoms with van der Waals surface area (Å²) < 4.78 is 0. The summed E-state index contributed by atoms with van der Waals surface area (Å²) in [6, 6.07) is 5.43. The monoisotopic (exact) mass is 283 g/mol. The largest absolute Gasteiger partial charge is 0.479 e. The number of hydrogen-bond donors (Lipinski definition) is 4. The zero-order valence-electron chi connectivity index (χ0n) is 9.55. The van der Waals surface area contributed by atoms with Crippen LogP contribution in [-0.2, 0) is 4.79 Å². The molecule has 7 nitrogen and oxygen atoms in total. The maximum atomic E-state index is 11.4. The van der Waals surface area contributed by atoms with Crippen molar-refractivity contribution in [1.29, 1.82) is 5.26 Å². The first-order valence-corrected chi connectivity index (χ1v) is 5.47. The molecule has 1 aromatic rings. The highest BCUT2D eigenvalue weighted by Crippen LogP contribution is 2.20. The van der Waals surface area contributed by atoms with Crippen LogP contribution >= 0.6 is 11.6 Å². The minimum absolute atomic E-state index is 0.192. The summed E-state index contributed by atoms with van der Waals surface area (Å²) in [5.74, 6) is -1.44. The molecule has 0 radical (unpaired) electrons. The summed E-state index contributed by atoms with van der Waals surface area (Å²) in [6.45, 7) is -0.455. The third kappa shape index (κ3) is 4.46. The van der Waals surface area contributed by atoms with Crippen LogP contribution in [0, 0.1) is 11.3 Å². The third-order valence-corrected chi connectivity index (χ3v) is 2.33. The van der Waals surface area contributed by atoms with Crippen molar-refractivity contribution < 1.29 is 19.8 Å². The maximum Gasteiger partial charge on any atom is 0.334 e. The van der Waals surface area contributed by atoms with Crippen LogP contribution in [0.5, 0.6) is 0 Å². The van der Waals surface area contributed by atoms with Crippen molar-refractivity contribution in [3.8, 4) is 6.07 Å². The van der Waals surface area contributed by atoms with Gasteiger partial charge in [-0.25, -0.2) is 9.59 Å². The highest BCUT2D eigenvalue weighted by Gasteiger charge is 2.14. The summed E-state index contributed by atoms with van der Waals surface area (Å²) in [5, 5.41) is 31.0. The van der Waals surface area contributed by atoms with E-state index in [0.717, 1.165) is 0 Å². The van der Waals surface area contributed by atoms with Crippen LogP contribution in [-0.4, -0.2) is 34.9 Å². The molecule has 0 aliphatic heterocycles. The van der Waals surface area contributed by atoms with Crippen LogP contribution in [0.1, 0.15) is 5.56 Å². The van der Waals surface area contributed by atoms with E-state index in [9.17, 15) is 9.59 Å². The first-order chi connectivity index (χ1) is 8.93. The Bertz CT molecular complexity index is 541. The van der Waals surface area contributed by atoms with Gasteiger partial charge in [0.2, 0.25) is 0 Å². The summed E-state index contributed by atoms with van der Waals surface area (Å²) in [7, 11) is 0. The lowest BCUT2D eigenvalue weighted by molar-refractivity contribution is -0.146. The summed E-state index contributed by atoms with van der Waals surface area (Å²) in [4.78, 5) is 21.8. The van der Waals surface area contributed by atoms with Crippen molar-refractivity contribution >= 4 is 29.3 Å². The second-order valence-electron chi connectivity index (χ2n) is 3.49. The number of aliphatic hydroxyl groups is 1. The number of hydrogen-bond acceptors (Lipinski definition) is 4. The Morgan fingerprint density at radius 3 is 2.74 bits per heavy atom. The van der Waals surface area contributed by atoms with Gasteiger partial charge in [0.05, 0.1) is 17.8 Å². The highest BCUT2D eigenvalue weighted by molar-refractivity contribution is 6.31. The fourth-order valence-corrected chi connectivity index (χ4v) is 1.33. The lowest BCUT2D eigenvalue weighted by atomic mass is 10.2. The number of nitriles is 1. The molecule has 100 valence electrons. The van der Waals surface area contributed by atoms with Crippen LogP contribution in [0.25, 0.3) is 0 Å². The van der Waals surface area contributed by atoms with E-state index >= 15 is 0 Å². The van der Waals surface area contributed by atoms with E-state index in [1.54, 1.807) is 0 Å². The Kier molecular flexibility index (Phi) is 5.11. The van der Waals surface area contributed by atoms with Crippen LogP contribution < -0.4 is 10.6 Å². The molecule has 1 aromatic carbocycles. The van der Waals surface area contributed by atoms with Crippen molar-refractivity contribution in [3.05, 3.63) is 28.8 Å². The maximum absolute atomic E-state index is 11.4. The number of urea groups is 1. The molecule has 0 saturated heterocycles. The van der Waals surface area contributed by atoms with Gasteiger partial charge < -0.3 is 20.8 Å². The molecule has 0 bridgehead atoms. The van der Waals surface area contributed by atoms with Gasteiger partial charge in [0.1, 0.15) is 6.07 Å². The number of carboxylic acids is 1. The number of carbonyl (C=O) groups is 2. The molecule has 0 aliphatic carbocycles. The lowest BCUT2D eigenvalue weighted by Crippen LogP contribution is -2.38. The van der Waals surface area contributed by atoms with E-state index < -0.39 is 24.6 Å². The summed E-state index contributed by atoms with van der Waals surface area (Å²) in [6.07, 6.45) is -1.69. The lowest BCUT2D eigenvalue weighted by Gasteiger charge is -2.10. The molecule has 0 heterocycles. The van der Waals surface area contributed by atoms with Gasteiger partial charge in [0, 0.05) is 5.02 Å². The Hall–Kier alpha value is -2.30. The van der Waals surface area contributed by atoms with Gasteiger partial charge in [-0.15, -0.1) is 0 Å². The van der Waals surface area contributed by atoms with E-state index in [4.69, 9.17) is 27.1 Å². The predicted molar refractivity (Wildman–Crippen MR) is 66.8 cm³/mol. The van der Waals surface area contributed by atoms with Crippen LogP contribution in [0.15, 0.2) is 18.2 Å². The fourth-order valence-electron chi connectivity index (χ4n) is 1.16. The zero-order chi connectivity index (χ0) is 14.4. The molecule has 1 rings (SSSR count). The van der Waals surface area contributed by atoms with Crippen molar-refractivity contribution in [2.45, 2.75) is 6.10 Å². The standard InChI is InChI=1S/C11H10ClN3O4/c12-7-2-1-6(4-13)8(3-7)15-11(19)14-5-9(16)10(17)18/h1-3,9,16H,5H2,(H,17,18)(H2,14,15,19). The number of nitrogens with one attached hydrogen (secondary N) is 2. The Morgan fingerprint density at radius 2 is 2.16 bits per heavy atom. The molecule has 0 fully saturated rings. The molecule has 8 heteroatoms. The number of aliphatic carboxylic acids is 1. The zero-order valence-corrected chi connectivity index (χ0v) is 10.3. The number of rotatable bonds is 4. The second-order valence-corrected chi connectivity index (χ2v) is 3.93. The van der Waals surface area contributed by atoms with Crippen molar-refractivity contribution in [2.75, 3.05) is 11.9 Å². The van der Waals surface area contributed by atoms with Crippen LogP contribution in [0.4, 0.5) is 10.5 Å². The van der Waals surface area contributed by atoms with Gasteiger partial charge in [-0.2, -0.15) is 5.26 Å². The normalized spacial score (nSPS) is 11.2. The third-order valence-electron chi connectivity index (χ3n) is 2.09. The van der Waals surface area contributed by atoms with Crippen molar-refractivity contribution in [3.63, 3.8) is 0 Å². The molecule has 0 saturated carbocycles. The molecule has 19 heavy (non-hydrogen) atoms. The number of carbonyl (C=O) groups excluding carboxylic acids is 1. The van der Waals surface area contributed by atoms with Gasteiger partial charge in [0.15, 0.2) is 6.10 Å². The number of benzene rings is 1. The Morgan fingerprint density at radius 1 is 1.47 bits per heavy atom. The quantitative estimate of drug-likeness (QED) is 0.650. The van der Waals surface area contributed by atoms with Gasteiger partial charge in [-0.3, -0.25) is 0 Å². The van der Waals surface area contributed by atoms with E-state index in [1.165, 1.54) is 18.2 Å². The van der Waals surface area contributed by atoms with E-state index in [1.807, 2.05) is 6.07 Å². The van der Waals surface area contributed by atoms with E-state index in [-0.39, 0.29) is 11.3 Å². The van der Waals surface area contributed by atoms with Gasteiger partial charge >= 0.3 is 12.0 Å². The molecule has 0 spiro atoms. The van der Waals surface area contributed by atoms with E-state index in [2.05, 4.69) is 10.6 Å². The SMILES string of the molecule is N#Cc1ccc(Cl)cc1NC(=O)NCC(O)C(=O)O. The average molecular weight is 284 g/mol. The minimum atomic E-state index is -1.69. The van der Waals surface area contributed by atoms with Gasteiger partial charge in [-0.05, 0) is 18.2 Å². The molecule has 0 aliphatic rings. The van der Waals surface area contributed by atoms with Crippen LogP contribution in [0.2, 0.25) is 5.02 Å². The van der Waals surface area contributed by atoms with Gasteiger partial charge in [0.25, 0.3) is 0 Å². The Labute approximate surface area is 113 Å². The molecule has 1 unspecified atom stereocenters. The molecule has 4 N–H and O–H groups in total. The number of amides is 2. The number of anilines is 1. The Balaban J connectivity index is 2.65. The number of halogens is 1. The average Bonchev–Trinajstić information content (AvgIpc) is 2.36. The van der Waals surface area contributed by atoms with Crippen LogP contribution in [0.3, 0.4) is 0 Å². The smallest absolute Gasteiger partial charge is 0.334 e. The fraction of sp³-hybridized carbons (Fsp3) is 0.182. The molecule has 2 amide bonds. The van der Waals surface area contributed by atoms with Crippen molar-refractivity contribution in [2.24, 2.45) is 0 Å². The highest BCUT2D eigenvalue weighted by atomic mass is 35.5. The molecule has 1 atom stereocenters.